The van der Waals surface area contributed by atoms with Crippen LogP contribution in [0.5, 0.6) is 0 Å². The number of esters is 1. The summed E-state index contributed by atoms with van der Waals surface area (Å²) < 4.78 is 23.4. The monoisotopic (exact) mass is 980 g/mol. The van der Waals surface area contributed by atoms with Gasteiger partial charge in [0.1, 0.15) is 12.2 Å². The lowest BCUT2D eigenvalue weighted by Crippen LogP contribution is -2.59. The summed E-state index contributed by atoms with van der Waals surface area (Å²) >= 11 is 0. The molecule has 0 aromatic carbocycles. The van der Waals surface area contributed by atoms with E-state index in [2.05, 4.69) is 5.32 Å². The fraction of sp³-hybridized carbons (Fsp3) is 0.680. The minimum atomic E-state index is -2.25. The summed E-state index contributed by atoms with van der Waals surface area (Å²) in [5.74, 6) is -5.03. The summed E-state index contributed by atoms with van der Waals surface area (Å²) in [6.45, 7) is 4.17. The second-order valence-electron chi connectivity index (χ2n) is 18.8. The first-order chi connectivity index (χ1) is 32.7. The first-order valence-electron chi connectivity index (χ1n) is 24.0. The molecule has 19 nitrogen and oxygen atoms in total. The molecule has 2 bridgehead atoms. The lowest BCUT2D eigenvalue weighted by molar-refractivity contribution is -0.304. The van der Waals surface area contributed by atoms with Crippen molar-refractivity contribution in [2.24, 2.45) is 17.6 Å². The van der Waals surface area contributed by atoms with Gasteiger partial charge in [-0.3, -0.25) is 9.59 Å². The molecular weight excluding hydrogens is 899 g/mol. The maximum atomic E-state index is 13.8. The number of ether oxygens (including phenoxy) is 4. The van der Waals surface area contributed by atoms with Gasteiger partial charge < -0.3 is 86.0 Å². The van der Waals surface area contributed by atoms with Gasteiger partial charge in [-0.1, -0.05) is 92.0 Å². The lowest BCUT2D eigenvalue weighted by atomic mass is 9.82. The highest BCUT2D eigenvalue weighted by Crippen LogP contribution is 2.38. The number of hydrogen-bond acceptors (Lipinski definition) is 18. The fourth-order valence-electron chi connectivity index (χ4n) is 8.23. The summed E-state index contributed by atoms with van der Waals surface area (Å²) in [5, 5.41) is 112. The van der Waals surface area contributed by atoms with E-state index in [9.17, 15) is 60.7 Å². The van der Waals surface area contributed by atoms with Gasteiger partial charge >= 0.3 is 5.97 Å². The number of rotatable bonds is 7. The lowest BCUT2D eigenvalue weighted by Gasteiger charge is -2.45. The molecule has 0 spiro atoms. The van der Waals surface area contributed by atoms with E-state index >= 15 is 0 Å². The Morgan fingerprint density at radius 2 is 1.35 bits per heavy atom. The third-order valence-corrected chi connectivity index (χ3v) is 12.2. The number of carbonyl (C=O) groups excluding carboxylic acids is 2. The van der Waals surface area contributed by atoms with Crippen LogP contribution >= 0.6 is 0 Å². The fourth-order valence-corrected chi connectivity index (χ4v) is 8.23. The molecule has 392 valence electrons. The number of nitrogens with two attached hydrogens (primary N) is 1. The average molecular weight is 980 g/mol. The molecule has 3 aliphatic heterocycles. The number of amides is 1. The molecule has 17 atom stereocenters. The SMILES string of the molecule is C[C@H]1C[C@H](O)[C@@H](C)/C=C/C=C/C=C/C=C/C=C/C=C/C=C/C(O[C@@H]2OC[C@@H](O)[C@H](N)[C@@H]2O)C[C@@H]2OC(O)(CC(O)CC(O)C(O)CCC(O)CC(O)CC(=O)O1)C[C@H](O)[C@H]2C(=O)NCCCN(C)C. The zero-order valence-electron chi connectivity index (χ0n) is 40.5. The van der Waals surface area contributed by atoms with Crippen LogP contribution in [0.25, 0.3) is 0 Å². The van der Waals surface area contributed by atoms with Gasteiger partial charge in [0, 0.05) is 44.6 Å². The maximum absolute atomic E-state index is 13.8. The Morgan fingerprint density at radius 3 is 1.97 bits per heavy atom. The van der Waals surface area contributed by atoms with Gasteiger partial charge in [-0.25, -0.2) is 0 Å². The summed E-state index contributed by atoms with van der Waals surface area (Å²) in [6, 6.07) is -1.10. The summed E-state index contributed by atoms with van der Waals surface area (Å²) in [4.78, 5) is 28.3. The molecule has 19 heteroatoms. The third kappa shape index (κ3) is 22.6. The van der Waals surface area contributed by atoms with Crippen molar-refractivity contribution >= 4 is 11.9 Å². The average Bonchev–Trinajstić information content (AvgIpc) is 3.25. The van der Waals surface area contributed by atoms with Gasteiger partial charge in [-0.2, -0.15) is 0 Å². The molecule has 0 aliphatic carbocycles. The largest absolute Gasteiger partial charge is 0.462 e. The molecule has 13 N–H and O–H groups in total. The van der Waals surface area contributed by atoms with Crippen LogP contribution in [0.15, 0.2) is 85.1 Å². The Labute approximate surface area is 406 Å². The maximum Gasteiger partial charge on any atom is 0.308 e. The molecular formula is C50H81N3O16. The number of fused-ring (bicyclic) bond motifs is 2. The van der Waals surface area contributed by atoms with Crippen molar-refractivity contribution in [1.29, 1.82) is 0 Å². The zero-order valence-corrected chi connectivity index (χ0v) is 40.5. The van der Waals surface area contributed by atoms with Crippen LogP contribution in [0.3, 0.4) is 0 Å². The Balaban J connectivity index is 1.90. The molecule has 0 radical (unpaired) electrons. The molecule has 1 amide bonds. The van der Waals surface area contributed by atoms with Crippen LogP contribution in [0.4, 0.5) is 0 Å². The van der Waals surface area contributed by atoms with Gasteiger partial charge in [0.25, 0.3) is 0 Å². The molecule has 3 heterocycles. The molecule has 2 fully saturated rings. The minimum Gasteiger partial charge on any atom is -0.462 e. The molecule has 3 aliphatic rings. The van der Waals surface area contributed by atoms with E-state index in [-0.39, 0.29) is 51.2 Å². The summed E-state index contributed by atoms with van der Waals surface area (Å²) in [7, 11) is 3.78. The van der Waals surface area contributed by atoms with Gasteiger partial charge in [-0.05, 0) is 53.2 Å². The van der Waals surface area contributed by atoms with Crippen molar-refractivity contribution in [3.05, 3.63) is 85.1 Å². The number of nitrogens with one attached hydrogen (secondary N) is 1. The first kappa shape index (κ1) is 59.8. The van der Waals surface area contributed by atoms with E-state index in [1.54, 1.807) is 55.5 Å². The molecule has 0 aromatic rings. The second-order valence-corrected chi connectivity index (χ2v) is 18.8. The highest BCUT2D eigenvalue weighted by atomic mass is 16.7. The predicted molar refractivity (Wildman–Crippen MR) is 256 cm³/mol. The normalized spacial score (nSPS) is 41.4. The number of aliphatic hydroxyl groups is 10. The van der Waals surface area contributed by atoms with E-state index in [4.69, 9.17) is 24.7 Å². The van der Waals surface area contributed by atoms with Crippen LogP contribution in [0, 0.1) is 11.8 Å². The minimum absolute atomic E-state index is 0.0872. The first-order valence-corrected chi connectivity index (χ1v) is 24.0. The smallest absolute Gasteiger partial charge is 0.308 e. The predicted octanol–water partition coefficient (Wildman–Crippen LogP) is 0.0605. The van der Waals surface area contributed by atoms with Crippen LogP contribution < -0.4 is 11.1 Å². The Kier molecular flexibility index (Phi) is 26.9. The number of carbonyl (C=O) groups is 2. The van der Waals surface area contributed by atoms with Crippen molar-refractivity contribution in [1.82, 2.24) is 10.2 Å². The van der Waals surface area contributed by atoms with E-state index in [0.29, 0.717) is 13.0 Å². The van der Waals surface area contributed by atoms with Gasteiger partial charge in [-0.15, -0.1) is 0 Å². The Morgan fingerprint density at radius 1 is 0.739 bits per heavy atom. The van der Waals surface area contributed by atoms with Gasteiger partial charge in [0.05, 0.1) is 86.0 Å². The van der Waals surface area contributed by atoms with E-state index in [0.717, 1.165) is 0 Å². The van der Waals surface area contributed by atoms with Crippen molar-refractivity contribution in [2.45, 2.75) is 169 Å². The number of aliphatic hydroxyl groups excluding tert-OH is 9. The van der Waals surface area contributed by atoms with Gasteiger partial charge in [0.15, 0.2) is 12.1 Å². The van der Waals surface area contributed by atoms with Crippen molar-refractivity contribution in [3.8, 4) is 0 Å². The number of nitrogens with zero attached hydrogens (tertiary/aromatic N) is 1. The van der Waals surface area contributed by atoms with E-state index < -0.39 is 135 Å². The zero-order chi connectivity index (χ0) is 51.1. The van der Waals surface area contributed by atoms with Crippen molar-refractivity contribution in [2.75, 3.05) is 33.8 Å². The van der Waals surface area contributed by atoms with Crippen LogP contribution in [0.2, 0.25) is 0 Å². The van der Waals surface area contributed by atoms with Crippen molar-refractivity contribution in [3.63, 3.8) is 0 Å². The molecule has 69 heavy (non-hydrogen) atoms. The molecule has 7 unspecified atom stereocenters. The Hall–Kier alpha value is -3.48. The number of cyclic esters (lactones) is 1. The highest BCUT2D eigenvalue weighted by molar-refractivity contribution is 5.80. The summed E-state index contributed by atoms with van der Waals surface area (Å²) in [5.41, 5.74) is 6.02. The van der Waals surface area contributed by atoms with E-state index in [1.165, 1.54) is 0 Å². The summed E-state index contributed by atoms with van der Waals surface area (Å²) in [6.07, 6.45) is 6.73. The molecule has 2 saturated heterocycles. The molecule has 3 rings (SSSR count). The Bertz CT molecular complexity index is 1720. The number of allylic oxidation sites excluding steroid dienone is 12. The van der Waals surface area contributed by atoms with E-state index in [1.807, 2.05) is 62.4 Å². The van der Waals surface area contributed by atoms with Crippen molar-refractivity contribution < 1.29 is 79.6 Å². The second kappa shape index (κ2) is 31.1. The van der Waals surface area contributed by atoms with Crippen LogP contribution in [0.1, 0.15) is 78.1 Å². The molecule has 0 aromatic heterocycles. The third-order valence-electron chi connectivity index (χ3n) is 12.2. The highest BCUT2D eigenvalue weighted by Gasteiger charge is 2.50. The van der Waals surface area contributed by atoms with Crippen LogP contribution in [-0.2, 0) is 28.5 Å². The number of hydrogen-bond donors (Lipinski definition) is 12. The molecule has 0 saturated carbocycles. The quantitative estimate of drug-likeness (QED) is 0.119. The standard InChI is InChI=1S/C50H81N3O16/c1-32-18-15-13-11-9-7-5-6-8-10-12-14-16-19-37(68-49-47(63)46(51)42(61)31-66-49)28-43-45(48(64)52-22-17-23-53(3)4)41(60)30-50(65,69-43)29-36(56)26-40(59)38(57)21-20-34(54)25-35(55)27-44(62)67-33(2)24-39(32)58/h5-16,18-19,32-43,45-47,49,54-61,63,65H,17,20-31,51H2,1-4H3,(H,52,64)/b6-5+,9-7+,10-8+,13-11+,14-12+,18-15+,19-16+/t32-,33-,34?,35?,36?,37?,38?,39-,40?,41-,42+,43-,45+,46-,47-,49-,50?/m0/s1. The topological polar surface area (TPSA) is 315 Å². The van der Waals surface area contributed by atoms with Crippen LogP contribution in [-0.4, -0.2) is 193 Å². The van der Waals surface area contributed by atoms with Gasteiger partial charge in [0.2, 0.25) is 5.91 Å².